The van der Waals surface area contributed by atoms with E-state index in [4.69, 9.17) is 0 Å². The molecule has 1 aliphatic carbocycles. The van der Waals surface area contributed by atoms with E-state index in [0.717, 1.165) is 0 Å². The van der Waals surface area contributed by atoms with E-state index in [9.17, 15) is 0 Å². The number of fused-ring (bicyclic) bond motifs is 5. The molecule has 1 heterocycles. The van der Waals surface area contributed by atoms with Gasteiger partial charge in [0.15, 0.2) is 0 Å². The van der Waals surface area contributed by atoms with Crippen LogP contribution in [0, 0.1) is 0 Å². The predicted molar refractivity (Wildman–Crippen MR) is 129 cm³/mol. The van der Waals surface area contributed by atoms with Crippen molar-refractivity contribution in [2.75, 3.05) is 0 Å². The third-order valence-corrected chi connectivity index (χ3v) is 36.8. The van der Waals surface area contributed by atoms with Gasteiger partial charge in [0.1, 0.15) is 0 Å². The van der Waals surface area contributed by atoms with Crippen molar-refractivity contribution in [3.8, 4) is 0 Å². The number of thiophene rings is 1. The molecule has 1 unspecified atom stereocenters. The first-order chi connectivity index (χ1) is 12.9. The molecule has 1 atom stereocenters. The summed E-state index contributed by atoms with van der Waals surface area (Å²) >= 11 is -1.11. The normalized spacial score (nSPS) is 19.1. The molecule has 0 fully saturated rings. The van der Waals surface area contributed by atoms with Crippen molar-refractivity contribution < 1.29 is 14.8 Å². The topological polar surface area (TPSA) is 12.0 Å². The second-order valence-corrected chi connectivity index (χ2v) is 36.6. The van der Waals surface area contributed by atoms with Gasteiger partial charge >= 0.3 is 177 Å². The predicted octanol–water partition coefficient (Wildman–Crippen LogP) is 7.58. The number of hydrogen-bond donors (Lipinski definition) is 1. The Hall–Kier alpha value is -0.709. The van der Waals surface area contributed by atoms with E-state index in [0.29, 0.717) is 4.22 Å². The van der Waals surface area contributed by atoms with E-state index in [-0.39, 0.29) is 5.54 Å². The molecule has 28 heavy (non-hydrogen) atoms. The molecule has 0 saturated heterocycles. The van der Waals surface area contributed by atoms with Gasteiger partial charge in [-0.3, -0.25) is 0 Å². The second kappa shape index (κ2) is 6.39. The van der Waals surface area contributed by atoms with Crippen molar-refractivity contribution in [3.05, 3.63) is 53.1 Å². The van der Waals surface area contributed by atoms with Crippen molar-refractivity contribution in [1.29, 1.82) is 0 Å². The third-order valence-electron chi connectivity index (χ3n) is 7.18. The molecule has 1 N–H and O–H groups in total. The number of nitrogens with one attached hydrogen (secondary N) is 1. The van der Waals surface area contributed by atoms with Crippen LogP contribution in [0.3, 0.4) is 0 Å². The first kappa shape index (κ1) is 20.6. The minimum absolute atomic E-state index is 0.144. The summed E-state index contributed by atoms with van der Waals surface area (Å²) in [5.74, 6) is 0. The molecule has 0 aliphatic heterocycles. The molecule has 1 aliphatic rings. The molecular weight excluding hydrogens is 410 g/mol. The number of allylic oxidation sites excluding steroid dienone is 1. The van der Waals surface area contributed by atoms with E-state index < -0.39 is 21.5 Å². The number of benzene rings is 2. The average molecular weight is 445 g/mol. The van der Waals surface area contributed by atoms with Crippen molar-refractivity contribution in [2.45, 2.75) is 61.0 Å². The number of rotatable bonds is 3. The minimum atomic E-state index is -3.06. The molecule has 0 saturated carbocycles. The maximum absolute atomic E-state index is 4.34. The molecule has 0 radical (unpaired) electrons. The van der Waals surface area contributed by atoms with Gasteiger partial charge in [0, 0.05) is 0 Å². The summed E-state index contributed by atoms with van der Waals surface area (Å²) in [6.45, 7) is 13.7. The van der Waals surface area contributed by atoms with E-state index in [2.05, 4.69) is 97.5 Å². The monoisotopic (exact) mass is 444 g/mol. The fraction of sp³-hybridized carbons (Fsp3) is 0.417. The Morgan fingerprint density at radius 3 is 2.32 bits per heavy atom. The summed E-state index contributed by atoms with van der Waals surface area (Å²) < 4.78 is 7.79. The summed E-state index contributed by atoms with van der Waals surface area (Å²) in [5, 5.41) is 8.37. The van der Waals surface area contributed by atoms with Crippen LogP contribution >= 0.6 is 11.3 Å². The van der Waals surface area contributed by atoms with Crippen LogP contribution in [0.25, 0.3) is 26.2 Å². The maximum atomic E-state index is 4.34. The molecule has 149 valence electrons. The van der Waals surface area contributed by atoms with Gasteiger partial charge in [-0.15, -0.1) is 0 Å². The van der Waals surface area contributed by atoms with Crippen LogP contribution in [0.15, 0.2) is 42.0 Å². The Labute approximate surface area is 176 Å². The zero-order chi connectivity index (χ0) is 20.5. The van der Waals surface area contributed by atoms with Gasteiger partial charge in [-0.2, -0.15) is 0 Å². The van der Waals surface area contributed by atoms with Crippen LogP contribution in [0.1, 0.15) is 43.0 Å². The summed E-state index contributed by atoms with van der Waals surface area (Å²) in [4.78, 5) is 0. The zero-order valence-corrected chi connectivity index (χ0v) is 22.1. The molecular formula is C24H34NSSiTi. The van der Waals surface area contributed by atoms with Crippen LogP contribution in [-0.4, -0.2) is 12.2 Å². The van der Waals surface area contributed by atoms with Crippen molar-refractivity contribution >= 4 is 44.2 Å². The molecule has 4 rings (SSSR count). The van der Waals surface area contributed by atoms with E-state index >= 15 is 0 Å². The molecule has 2 aromatic carbocycles. The van der Waals surface area contributed by atoms with Crippen LogP contribution in [-0.2, 0) is 14.8 Å². The molecule has 3 aromatic rings. The summed E-state index contributed by atoms with van der Waals surface area (Å²) in [7, 11) is 0. The van der Waals surface area contributed by atoms with Gasteiger partial charge in [-0.25, -0.2) is 0 Å². The molecule has 0 amide bonds. The van der Waals surface area contributed by atoms with Crippen molar-refractivity contribution in [3.63, 3.8) is 0 Å². The first-order valence-electron chi connectivity index (χ1n) is 10.5. The SMILES string of the molecule is CC1=Cc2ccc3sc4ccccc4c3c2[CH]1[Ti]([CH3])([CH3])([NH]C(C)(C)C)[SiH](C)C. The summed E-state index contributed by atoms with van der Waals surface area (Å²) in [6.07, 6.45) is 2.49. The Morgan fingerprint density at radius 1 is 1.00 bits per heavy atom. The van der Waals surface area contributed by atoms with Gasteiger partial charge < -0.3 is 0 Å². The second-order valence-electron chi connectivity index (χ2n) is 11.0. The van der Waals surface area contributed by atoms with Crippen LogP contribution in [0.2, 0.25) is 23.6 Å². The van der Waals surface area contributed by atoms with Crippen molar-refractivity contribution in [1.82, 2.24) is 3.80 Å². The standard InChI is InChI=1S/C16H11S.C4H10N.C2H7Si.2CH3.Ti/c1-10-8-11-6-7-15-16(13(11)9-10)12-4-2-3-5-14(12)17-15;1-4(2,3)5;1-3-2;;;/h2-9H,1H3;5H,1-3H3;3H,1-2H3;2*1H3;/q;-1;;;;+1. The number of hydrogen-bond acceptors (Lipinski definition) is 2. The van der Waals surface area contributed by atoms with Crippen molar-refractivity contribution in [2.24, 2.45) is 0 Å². The van der Waals surface area contributed by atoms with Gasteiger partial charge in [-0.1, -0.05) is 0 Å². The van der Waals surface area contributed by atoms with E-state index in [1.807, 2.05) is 11.3 Å². The Bertz CT molecular complexity index is 1120. The quantitative estimate of drug-likeness (QED) is 0.411. The van der Waals surface area contributed by atoms with Crippen LogP contribution in [0.4, 0.5) is 0 Å². The Morgan fingerprint density at radius 2 is 1.68 bits per heavy atom. The van der Waals surface area contributed by atoms with Gasteiger partial charge in [-0.05, 0) is 0 Å². The first-order valence-corrected chi connectivity index (χ1v) is 21.7. The summed E-state index contributed by atoms with van der Waals surface area (Å²) in [6, 6.07) is 13.7. The molecule has 0 spiro atoms. The Kier molecular flexibility index (Phi) is 4.69. The van der Waals surface area contributed by atoms with Gasteiger partial charge in [0.05, 0.1) is 0 Å². The average Bonchev–Trinajstić information content (AvgIpc) is 3.09. The molecule has 1 aromatic heterocycles. The fourth-order valence-corrected chi connectivity index (χ4v) is 24.0. The van der Waals surface area contributed by atoms with Crippen LogP contribution < -0.4 is 3.80 Å². The van der Waals surface area contributed by atoms with E-state index in [1.54, 1.807) is 11.1 Å². The fourth-order valence-electron chi connectivity index (χ4n) is 5.73. The Balaban J connectivity index is 2.07. The van der Waals surface area contributed by atoms with E-state index in [1.165, 1.54) is 25.7 Å². The van der Waals surface area contributed by atoms with Gasteiger partial charge in [0.25, 0.3) is 0 Å². The van der Waals surface area contributed by atoms with Crippen LogP contribution in [0.5, 0.6) is 0 Å². The third kappa shape index (κ3) is 3.02. The zero-order valence-electron chi connectivity index (χ0n) is 18.6. The molecule has 1 nitrogen and oxygen atoms in total. The summed E-state index contributed by atoms with van der Waals surface area (Å²) in [5.41, 5.74) is 4.82. The molecule has 4 heteroatoms. The molecule has 0 bridgehead atoms. The van der Waals surface area contributed by atoms with Gasteiger partial charge in [0.2, 0.25) is 0 Å².